The summed E-state index contributed by atoms with van der Waals surface area (Å²) in [6, 6.07) is 11.1. The second kappa shape index (κ2) is 13.2. The molecule has 0 aromatic heterocycles. The summed E-state index contributed by atoms with van der Waals surface area (Å²) in [5, 5.41) is 23.2. The van der Waals surface area contributed by atoms with Crippen LogP contribution in [0.3, 0.4) is 0 Å². The van der Waals surface area contributed by atoms with E-state index in [2.05, 4.69) is 16.0 Å². The number of rotatable bonds is 6. The minimum absolute atomic E-state index is 0.0425. The highest BCUT2D eigenvalue weighted by molar-refractivity contribution is 6.27. The van der Waals surface area contributed by atoms with Gasteiger partial charge >= 0.3 is 18.1 Å². The van der Waals surface area contributed by atoms with Gasteiger partial charge in [-0.3, -0.25) is 9.59 Å². The number of benzene rings is 2. The Labute approximate surface area is 204 Å². The molecule has 194 valence electrons. The molecule has 5 N–H and O–H groups in total. The topological polar surface area (TPSA) is 145 Å². The largest absolute Gasteiger partial charge is 0.473 e. The molecule has 2 amide bonds. The molecule has 0 atom stereocenters. The number of anilines is 2. The molecule has 1 saturated carbocycles. The van der Waals surface area contributed by atoms with Crippen molar-refractivity contribution in [2.45, 2.75) is 44.3 Å². The number of amides is 2. The molecule has 36 heavy (non-hydrogen) atoms. The van der Waals surface area contributed by atoms with Gasteiger partial charge in [0.2, 0.25) is 5.91 Å². The van der Waals surface area contributed by atoms with Gasteiger partial charge in [-0.25, -0.2) is 9.59 Å². The molecule has 2 aromatic carbocycles. The second-order valence-electron chi connectivity index (χ2n) is 7.99. The number of carbonyl (C=O) groups excluding carboxylic acids is 2. The van der Waals surface area contributed by atoms with Crippen LogP contribution in [0.25, 0.3) is 0 Å². The lowest BCUT2D eigenvalue weighted by Gasteiger charge is -2.22. The first kappa shape index (κ1) is 28.3. The van der Waals surface area contributed by atoms with Crippen molar-refractivity contribution in [2.75, 3.05) is 17.2 Å². The fraction of sp³-hybridized carbons (Fsp3) is 0.333. The molecule has 12 heteroatoms. The average Bonchev–Trinajstić information content (AvgIpc) is 2.83. The third-order valence-electron chi connectivity index (χ3n) is 5.20. The van der Waals surface area contributed by atoms with E-state index in [1.165, 1.54) is 43.5 Å². The predicted molar refractivity (Wildman–Crippen MR) is 125 cm³/mol. The molecule has 0 spiro atoms. The average molecular weight is 509 g/mol. The third kappa shape index (κ3) is 9.74. The predicted octanol–water partition coefficient (Wildman–Crippen LogP) is 3.97. The number of alkyl halides is 3. The number of carboxylic acids is 2. The van der Waals surface area contributed by atoms with Gasteiger partial charge in [0.15, 0.2) is 0 Å². The molecule has 9 nitrogen and oxygen atoms in total. The first-order chi connectivity index (χ1) is 17.0. The second-order valence-corrected chi connectivity index (χ2v) is 7.99. The fourth-order valence-electron chi connectivity index (χ4n) is 3.46. The molecule has 0 radical (unpaired) electrons. The maximum Gasteiger partial charge on any atom is 0.416 e. The van der Waals surface area contributed by atoms with E-state index in [1.807, 2.05) is 0 Å². The number of halogens is 3. The summed E-state index contributed by atoms with van der Waals surface area (Å²) in [6.45, 7) is 0.186. The van der Waals surface area contributed by atoms with E-state index in [1.54, 1.807) is 12.1 Å². The van der Waals surface area contributed by atoms with Gasteiger partial charge in [0.1, 0.15) is 0 Å². The van der Waals surface area contributed by atoms with Gasteiger partial charge in [0, 0.05) is 23.0 Å². The molecule has 0 bridgehead atoms. The Morgan fingerprint density at radius 1 is 0.833 bits per heavy atom. The van der Waals surface area contributed by atoms with Crippen molar-refractivity contribution in [3.8, 4) is 0 Å². The third-order valence-corrected chi connectivity index (χ3v) is 5.20. The summed E-state index contributed by atoms with van der Waals surface area (Å²) in [7, 11) is 0. The molecule has 0 saturated heterocycles. The first-order valence-corrected chi connectivity index (χ1v) is 11.0. The zero-order valence-corrected chi connectivity index (χ0v) is 19.1. The van der Waals surface area contributed by atoms with Crippen LogP contribution >= 0.6 is 0 Å². The molecule has 1 fully saturated rings. The quantitative estimate of drug-likeness (QED) is 0.371. The summed E-state index contributed by atoms with van der Waals surface area (Å²) >= 11 is 0. The highest BCUT2D eigenvalue weighted by atomic mass is 19.4. The SMILES string of the molecule is O=C(CNC1CCCCC1)Nc1cccc(C(=O)Nc2cccc(C(F)(F)F)c2)c1.O=C(O)C(=O)O. The summed E-state index contributed by atoms with van der Waals surface area (Å²) < 4.78 is 38.5. The van der Waals surface area contributed by atoms with Crippen LogP contribution in [-0.4, -0.2) is 46.6 Å². The van der Waals surface area contributed by atoms with E-state index < -0.39 is 29.6 Å². The molecule has 3 rings (SSSR count). The van der Waals surface area contributed by atoms with Crippen LogP contribution in [0, 0.1) is 0 Å². The zero-order chi connectivity index (χ0) is 26.7. The number of aliphatic carboxylic acids is 2. The van der Waals surface area contributed by atoms with Crippen LogP contribution < -0.4 is 16.0 Å². The number of carbonyl (C=O) groups is 4. The highest BCUT2D eigenvalue weighted by Crippen LogP contribution is 2.30. The van der Waals surface area contributed by atoms with Gasteiger partial charge in [-0.15, -0.1) is 0 Å². The number of nitrogens with one attached hydrogen (secondary N) is 3. The molecular weight excluding hydrogens is 483 g/mol. The van der Waals surface area contributed by atoms with E-state index >= 15 is 0 Å². The van der Waals surface area contributed by atoms with Crippen molar-refractivity contribution in [3.05, 3.63) is 59.7 Å². The molecule has 1 aliphatic rings. The van der Waals surface area contributed by atoms with Crippen LogP contribution in [0.1, 0.15) is 48.0 Å². The van der Waals surface area contributed by atoms with Crippen molar-refractivity contribution in [1.29, 1.82) is 0 Å². The molecule has 2 aromatic rings. The summed E-state index contributed by atoms with van der Waals surface area (Å²) in [4.78, 5) is 42.8. The fourth-order valence-corrected chi connectivity index (χ4v) is 3.46. The Bertz CT molecular complexity index is 1070. The Balaban J connectivity index is 0.000000678. The van der Waals surface area contributed by atoms with Crippen LogP contribution in [-0.2, 0) is 20.6 Å². The normalized spacial score (nSPS) is 13.6. The van der Waals surface area contributed by atoms with Crippen LogP contribution in [0.5, 0.6) is 0 Å². The van der Waals surface area contributed by atoms with E-state index in [0.717, 1.165) is 25.0 Å². The Hall–Kier alpha value is -3.93. The minimum Gasteiger partial charge on any atom is -0.473 e. The van der Waals surface area contributed by atoms with E-state index in [4.69, 9.17) is 19.8 Å². The smallest absolute Gasteiger partial charge is 0.416 e. The Morgan fingerprint density at radius 3 is 2.00 bits per heavy atom. The Morgan fingerprint density at radius 2 is 1.42 bits per heavy atom. The number of hydrogen-bond acceptors (Lipinski definition) is 5. The van der Waals surface area contributed by atoms with Gasteiger partial charge in [-0.05, 0) is 49.2 Å². The van der Waals surface area contributed by atoms with Crippen molar-refractivity contribution in [1.82, 2.24) is 5.32 Å². The van der Waals surface area contributed by atoms with Crippen LogP contribution in [0.15, 0.2) is 48.5 Å². The van der Waals surface area contributed by atoms with Crippen molar-refractivity contribution >= 4 is 35.1 Å². The monoisotopic (exact) mass is 509 g/mol. The maximum atomic E-state index is 12.8. The molecular formula is C24H26F3N3O6. The van der Waals surface area contributed by atoms with Crippen LogP contribution in [0.2, 0.25) is 0 Å². The van der Waals surface area contributed by atoms with E-state index in [9.17, 15) is 22.8 Å². The van der Waals surface area contributed by atoms with Crippen molar-refractivity contribution in [3.63, 3.8) is 0 Å². The van der Waals surface area contributed by atoms with Crippen LogP contribution in [0.4, 0.5) is 24.5 Å². The summed E-state index contributed by atoms with van der Waals surface area (Å²) in [5.74, 6) is -4.42. The molecule has 0 aliphatic heterocycles. The Kier molecular flexibility index (Phi) is 10.4. The zero-order valence-electron chi connectivity index (χ0n) is 19.1. The number of carboxylic acid groups (broad SMARTS) is 2. The summed E-state index contributed by atoms with van der Waals surface area (Å²) in [6.07, 6.45) is 1.22. The lowest BCUT2D eigenvalue weighted by molar-refractivity contribution is -0.159. The summed E-state index contributed by atoms with van der Waals surface area (Å²) in [5.41, 5.74) is -0.125. The van der Waals surface area contributed by atoms with Gasteiger partial charge in [0.25, 0.3) is 5.91 Å². The lowest BCUT2D eigenvalue weighted by Crippen LogP contribution is -2.37. The molecule has 0 heterocycles. The van der Waals surface area contributed by atoms with Gasteiger partial charge in [-0.1, -0.05) is 31.4 Å². The minimum atomic E-state index is -4.49. The lowest BCUT2D eigenvalue weighted by atomic mass is 9.95. The van der Waals surface area contributed by atoms with Crippen molar-refractivity contribution < 1.29 is 42.6 Å². The molecule has 0 unspecified atom stereocenters. The van der Waals surface area contributed by atoms with Gasteiger partial charge in [0.05, 0.1) is 12.1 Å². The van der Waals surface area contributed by atoms with Gasteiger partial charge < -0.3 is 26.2 Å². The molecule has 1 aliphatic carbocycles. The van der Waals surface area contributed by atoms with Crippen molar-refractivity contribution in [2.24, 2.45) is 0 Å². The van der Waals surface area contributed by atoms with Gasteiger partial charge in [-0.2, -0.15) is 13.2 Å². The van der Waals surface area contributed by atoms with E-state index in [0.29, 0.717) is 11.7 Å². The maximum absolute atomic E-state index is 12.8. The number of hydrogen-bond donors (Lipinski definition) is 5. The van der Waals surface area contributed by atoms with E-state index in [-0.39, 0.29) is 23.7 Å². The standard InChI is InChI=1S/C22H24F3N3O2.C2H2O4/c23-22(24,25)16-7-5-11-19(13-16)28-21(30)15-6-4-10-18(12-15)27-20(29)14-26-17-8-2-1-3-9-17;3-1(4)2(5)6/h4-7,10-13,17,26H,1-3,8-9,14H2,(H,27,29)(H,28,30);(H,3,4)(H,5,6). The highest BCUT2D eigenvalue weighted by Gasteiger charge is 2.30. The first-order valence-electron chi connectivity index (χ1n) is 11.0.